The van der Waals surface area contributed by atoms with Crippen LogP contribution in [0.1, 0.15) is 19.4 Å². The van der Waals surface area contributed by atoms with Gasteiger partial charge in [0.1, 0.15) is 0 Å². The SMILES string of the molecule is COCC(O)(Cc1c(Cl)cccc1Cl)C(C)C. The summed E-state index contributed by atoms with van der Waals surface area (Å²) in [6, 6.07) is 5.34. The molecule has 4 heteroatoms. The van der Waals surface area contributed by atoms with Crippen molar-refractivity contribution in [1.82, 2.24) is 0 Å². The van der Waals surface area contributed by atoms with E-state index in [1.807, 2.05) is 13.8 Å². The average molecular weight is 277 g/mol. The molecule has 0 spiro atoms. The van der Waals surface area contributed by atoms with Gasteiger partial charge < -0.3 is 9.84 Å². The molecule has 0 aliphatic rings. The van der Waals surface area contributed by atoms with Gasteiger partial charge in [-0.05, 0) is 23.6 Å². The summed E-state index contributed by atoms with van der Waals surface area (Å²) in [6.45, 7) is 4.15. The third-order valence-corrected chi connectivity index (χ3v) is 3.72. The number of ether oxygens (including phenoxy) is 1. The van der Waals surface area contributed by atoms with E-state index >= 15 is 0 Å². The Labute approximate surface area is 113 Å². The van der Waals surface area contributed by atoms with Crippen molar-refractivity contribution < 1.29 is 9.84 Å². The molecule has 0 saturated heterocycles. The molecule has 0 aliphatic carbocycles. The summed E-state index contributed by atoms with van der Waals surface area (Å²) >= 11 is 12.2. The zero-order valence-corrected chi connectivity index (χ0v) is 11.8. The van der Waals surface area contributed by atoms with Crippen LogP contribution >= 0.6 is 23.2 Å². The number of hydrogen-bond acceptors (Lipinski definition) is 2. The van der Waals surface area contributed by atoms with Crippen molar-refractivity contribution in [2.75, 3.05) is 13.7 Å². The maximum Gasteiger partial charge on any atom is 0.0943 e. The number of aliphatic hydroxyl groups is 1. The van der Waals surface area contributed by atoms with Crippen molar-refractivity contribution >= 4 is 23.2 Å². The number of rotatable bonds is 5. The molecule has 17 heavy (non-hydrogen) atoms. The van der Waals surface area contributed by atoms with E-state index in [-0.39, 0.29) is 12.5 Å². The van der Waals surface area contributed by atoms with Gasteiger partial charge >= 0.3 is 0 Å². The van der Waals surface area contributed by atoms with Crippen LogP contribution in [0.3, 0.4) is 0 Å². The highest BCUT2D eigenvalue weighted by atomic mass is 35.5. The molecule has 1 rings (SSSR count). The lowest BCUT2D eigenvalue weighted by Crippen LogP contribution is -2.42. The molecule has 0 radical (unpaired) electrons. The van der Waals surface area contributed by atoms with Crippen LogP contribution < -0.4 is 0 Å². The fourth-order valence-electron chi connectivity index (χ4n) is 1.68. The summed E-state index contributed by atoms with van der Waals surface area (Å²) in [5, 5.41) is 11.7. The molecule has 1 atom stereocenters. The standard InChI is InChI=1S/C13H18Cl2O2/c1-9(2)13(16,8-17-3)7-10-11(14)5-4-6-12(10)15/h4-6,9,16H,7-8H2,1-3H3. The largest absolute Gasteiger partial charge is 0.387 e. The quantitative estimate of drug-likeness (QED) is 0.891. The van der Waals surface area contributed by atoms with Crippen LogP contribution in [0.25, 0.3) is 0 Å². The second-order valence-electron chi connectivity index (χ2n) is 4.57. The fourth-order valence-corrected chi connectivity index (χ4v) is 2.21. The smallest absolute Gasteiger partial charge is 0.0943 e. The van der Waals surface area contributed by atoms with Gasteiger partial charge in [-0.25, -0.2) is 0 Å². The minimum absolute atomic E-state index is 0.0507. The van der Waals surface area contributed by atoms with E-state index in [1.165, 1.54) is 0 Å². The van der Waals surface area contributed by atoms with E-state index in [0.717, 1.165) is 5.56 Å². The average Bonchev–Trinajstić information content (AvgIpc) is 2.24. The van der Waals surface area contributed by atoms with Gasteiger partial charge in [-0.3, -0.25) is 0 Å². The second kappa shape index (κ2) is 6.05. The molecule has 0 saturated carbocycles. The molecule has 2 nitrogen and oxygen atoms in total. The number of hydrogen-bond donors (Lipinski definition) is 1. The summed E-state index contributed by atoms with van der Waals surface area (Å²) in [6.07, 6.45) is 0.386. The highest BCUT2D eigenvalue weighted by molar-refractivity contribution is 6.36. The summed E-state index contributed by atoms with van der Waals surface area (Å²) in [5.41, 5.74) is -0.187. The minimum Gasteiger partial charge on any atom is -0.387 e. The molecule has 0 bridgehead atoms. The van der Waals surface area contributed by atoms with E-state index in [0.29, 0.717) is 16.5 Å². The van der Waals surface area contributed by atoms with Crippen LogP contribution in [0.15, 0.2) is 18.2 Å². The monoisotopic (exact) mass is 276 g/mol. The third-order valence-electron chi connectivity index (χ3n) is 3.01. The summed E-state index contributed by atoms with van der Waals surface area (Å²) in [7, 11) is 1.57. The first-order valence-electron chi connectivity index (χ1n) is 5.55. The third kappa shape index (κ3) is 3.59. The van der Waals surface area contributed by atoms with Crippen molar-refractivity contribution in [3.05, 3.63) is 33.8 Å². The maximum atomic E-state index is 10.5. The first-order valence-corrected chi connectivity index (χ1v) is 6.30. The van der Waals surface area contributed by atoms with Gasteiger partial charge in [0.15, 0.2) is 0 Å². The zero-order valence-electron chi connectivity index (χ0n) is 10.3. The van der Waals surface area contributed by atoms with E-state index in [4.69, 9.17) is 27.9 Å². The Hall–Kier alpha value is -0.280. The minimum atomic E-state index is -0.955. The van der Waals surface area contributed by atoms with Crippen molar-refractivity contribution in [2.24, 2.45) is 5.92 Å². The summed E-state index contributed by atoms with van der Waals surface area (Å²) < 4.78 is 5.08. The predicted molar refractivity (Wildman–Crippen MR) is 71.8 cm³/mol. The van der Waals surface area contributed by atoms with Gasteiger partial charge in [0.05, 0.1) is 12.2 Å². The van der Waals surface area contributed by atoms with Gasteiger partial charge in [0.2, 0.25) is 0 Å². The molecule has 0 amide bonds. The van der Waals surface area contributed by atoms with Gasteiger partial charge in [-0.2, -0.15) is 0 Å². The highest BCUT2D eigenvalue weighted by Crippen LogP contribution is 2.31. The lowest BCUT2D eigenvalue weighted by molar-refractivity contribution is -0.0637. The van der Waals surface area contributed by atoms with E-state index < -0.39 is 5.60 Å². The van der Waals surface area contributed by atoms with Crippen molar-refractivity contribution in [3.8, 4) is 0 Å². The fraction of sp³-hybridized carbons (Fsp3) is 0.538. The Bertz CT molecular complexity index is 359. The van der Waals surface area contributed by atoms with Gasteiger partial charge in [0, 0.05) is 23.6 Å². The van der Waals surface area contributed by atoms with Crippen LogP contribution in [0.5, 0.6) is 0 Å². The number of halogens is 2. The van der Waals surface area contributed by atoms with Crippen molar-refractivity contribution in [2.45, 2.75) is 25.9 Å². The molecule has 0 heterocycles. The maximum absolute atomic E-state index is 10.5. The Balaban J connectivity index is 3.02. The van der Waals surface area contributed by atoms with Crippen LogP contribution in [-0.2, 0) is 11.2 Å². The lowest BCUT2D eigenvalue weighted by Gasteiger charge is -2.32. The zero-order chi connectivity index (χ0) is 13.1. The number of benzene rings is 1. The Morgan fingerprint density at radius 3 is 2.24 bits per heavy atom. The van der Waals surface area contributed by atoms with Crippen LogP contribution in [-0.4, -0.2) is 24.4 Å². The summed E-state index contributed by atoms with van der Waals surface area (Å²) in [4.78, 5) is 0. The molecular formula is C13H18Cl2O2. The highest BCUT2D eigenvalue weighted by Gasteiger charge is 2.32. The second-order valence-corrected chi connectivity index (χ2v) is 5.38. The topological polar surface area (TPSA) is 29.5 Å². The summed E-state index contributed by atoms with van der Waals surface area (Å²) in [5.74, 6) is 0.0507. The number of methoxy groups -OCH3 is 1. The Morgan fingerprint density at radius 2 is 1.82 bits per heavy atom. The molecular weight excluding hydrogens is 259 g/mol. The van der Waals surface area contributed by atoms with Crippen LogP contribution in [0.2, 0.25) is 10.0 Å². The Morgan fingerprint density at radius 1 is 1.29 bits per heavy atom. The first kappa shape index (κ1) is 14.8. The van der Waals surface area contributed by atoms with Crippen molar-refractivity contribution in [1.29, 1.82) is 0 Å². The molecule has 1 N–H and O–H groups in total. The first-order chi connectivity index (χ1) is 7.90. The molecule has 1 aromatic rings. The van der Waals surface area contributed by atoms with Gasteiger partial charge in [-0.15, -0.1) is 0 Å². The predicted octanol–water partition coefficient (Wildman–Crippen LogP) is 3.57. The molecule has 96 valence electrons. The van der Waals surface area contributed by atoms with Crippen LogP contribution in [0.4, 0.5) is 0 Å². The molecule has 0 aliphatic heterocycles. The normalized spacial score (nSPS) is 15.0. The molecule has 0 fully saturated rings. The molecule has 0 aromatic heterocycles. The van der Waals surface area contributed by atoms with E-state index in [9.17, 15) is 5.11 Å². The molecule has 1 unspecified atom stereocenters. The van der Waals surface area contributed by atoms with Crippen LogP contribution in [0, 0.1) is 5.92 Å². The lowest BCUT2D eigenvalue weighted by atomic mass is 9.85. The van der Waals surface area contributed by atoms with Gasteiger partial charge in [0.25, 0.3) is 0 Å². The Kier molecular flexibility index (Phi) is 5.26. The van der Waals surface area contributed by atoms with E-state index in [2.05, 4.69) is 0 Å². The van der Waals surface area contributed by atoms with E-state index in [1.54, 1.807) is 25.3 Å². The van der Waals surface area contributed by atoms with Gasteiger partial charge in [-0.1, -0.05) is 43.1 Å². The molecule has 1 aromatic carbocycles. The van der Waals surface area contributed by atoms with Crippen molar-refractivity contribution in [3.63, 3.8) is 0 Å².